The van der Waals surface area contributed by atoms with Gasteiger partial charge in [0.25, 0.3) is 0 Å². The van der Waals surface area contributed by atoms with Gasteiger partial charge in [-0.25, -0.2) is 0 Å². The number of rotatable bonds is 2. The molecule has 0 atom stereocenters. The topological polar surface area (TPSA) is 71.6 Å². The Bertz CT molecular complexity index is 362. The Morgan fingerprint density at radius 1 is 1.44 bits per heavy atom. The fourth-order valence-corrected chi connectivity index (χ4v) is 1.89. The summed E-state index contributed by atoms with van der Waals surface area (Å²) in [6.07, 6.45) is 1.33. The van der Waals surface area contributed by atoms with Gasteiger partial charge in [-0.1, -0.05) is 0 Å². The lowest BCUT2D eigenvalue weighted by Gasteiger charge is -2.31. The number of aliphatic hydroxyl groups excluding tert-OH is 1. The van der Waals surface area contributed by atoms with Gasteiger partial charge in [0.15, 0.2) is 5.82 Å². The molecule has 0 spiro atoms. The lowest BCUT2D eigenvalue weighted by Crippen LogP contribution is -2.36. The molecular weight excluding hydrogens is 206 g/mol. The van der Waals surface area contributed by atoms with E-state index >= 15 is 0 Å². The monoisotopic (exact) mass is 223 g/mol. The van der Waals surface area contributed by atoms with Gasteiger partial charge in [0.05, 0.1) is 18.9 Å². The van der Waals surface area contributed by atoms with Crippen molar-refractivity contribution in [3.05, 3.63) is 12.1 Å². The van der Waals surface area contributed by atoms with E-state index in [0.717, 1.165) is 31.7 Å². The van der Waals surface area contributed by atoms with Crippen LogP contribution < -0.4 is 15.4 Å². The highest BCUT2D eigenvalue weighted by Gasteiger charge is 2.20. The summed E-state index contributed by atoms with van der Waals surface area (Å²) in [5.74, 6) is 1.32. The van der Waals surface area contributed by atoms with Gasteiger partial charge in [-0.15, -0.1) is 0 Å². The highest BCUT2D eigenvalue weighted by molar-refractivity contribution is 5.63. The molecule has 2 heterocycles. The van der Waals surface area contributed by atoms with E-state index in [1.165, 1.54) is 0 Å². The van der Waals surface area contributed by atoms with E-state index in [9.17, 15) is 5.11 Å². The number of aromatic nitrogens is 1. The third-order valence-corrected chi connectivity index (χ3v) is 2.85. The Morgan fingerprint density at radius 3 is 2.75 bits per heavy atom. The maximum atomic E-state index is 9.44. The number of nitrogens with two attached hydrogens (primary N) is 1. The van der Waals surface area contributed by atoms with Gasteiger partial charge in [0.2, 0.25) is 5.88 Å². The van der Waals surface area contributed by atoms with Gasteiger partial charge in [-0.05, 0) is 18.9 Å². The quantitative estimate of drug-likeness (QED) is 0.769. The minimum absolute atomic E-state index is 0.192. The number of hydrogen-bond donors (Lipinski definition) is 2. The summed E-state index contributed by atoms with van der Waals surface area (Å²) in [7, 11) is 1.59. The van der Waals surface area contributed by atoms with Gasteiger partial charge in [0.1, 0.15) is 0 Å². The van der Waals surface area contributed by atoms with Gasteiger partial charge in [-0.3, -0.25) is 0 Å². The van der Waals surface area contributed by atoms with E-state index in [4.69, 9.17) is 10.5 Å². The van der Waals surface area contributed by atoms with Crippen LogP contribution in [0, 0.1) is 0 Å². The van der Waals surface area contributed by atoms with E-state index in [1.807, 2.05) is 0 Å². The number of piperidine rings is 1. The zero-order chi connectivity index (χ0) is 11.5. The third kappa shape index (κ3) is 2.19. The summed E-state index contributed by atoms with van der Waals surface area (Å²) >= 11 is 0. The van der Waals surface area contributed by atoms with Crippen LogP contribution in [0.25, 0.3) is 0 Å². The molecule has 1 aliphatic rings. The van der Waals surface area contributed by atoms with Crippen LogP contribution in [0.15, 0.2) is 12.1 Å². The van der Waals surface area contributed by atoms with E-state index in [0.29, 0.717) is 11.6 Å². The number of nitrogens with zero attached hydrogens (tertiary/aromatic N) is 2. The normalized spacial score (nSPS) is 17.5. The van der Waals surface area contributed by atoms with Gasteiger partial charge in [-0.2, -0.15) is 4.98 Å². The molecule has 0 unspecified atom stereocenters. The first-order valence-corrected chi connectivity index (χ1v) is 5.44. The van der Waals surface area contributed by atoms with Crippen molar-refractivity contribution >= 4 is 11.5 Å². The lowest BCUT2D eigenvalue weighted by atomic mass is 10.1. The van der Waals surface area contributed by atoms with Crippen molar-refractivity contribution in [3.63, 3.8) is 0 Å². The highest BCUT2D eigenvalue weighted by atomic mass is 16.5. The second-order valence-corrected chi connectivity index (χ2v) is 3.98. The highest BCUT2D eigenvalue weighted by Crippen LogP contribution is 2.26. The number of anilines is 2. The van der Waals surface area contributed by atoms with Gasteiger partial charge in [0, 0.05) is 19.2 Å². The summed E-state index contributed by atoms with van der Waals surface area (Å²) in [6.45, 7) is 1.57. The van der Waals surface area contributed by atoms with Crippen molar-refractivity contribution in [3.8, 4) is 5.88 Å². The number of ether oxygens (including phenoxy) is 1. The first-order valence-electron chi connectivity index (χ1n) is 5.44. The average molecular weight is 223 g/mol. The van der Waals surface area contributed by atoms with Crippen molar-refractivity contribution < 1.29 is 9.84 Å². The van der Waals surface area contributed by atoms with Crippen molar-refractivity contribution in [2.45, 2.75) is 18.9 Å². The fourth-order valence-electron chi connectivity index (χ4n) is 1.89. The van der Waals surface area contributed by atoms with Crippen LogP contribution in [0.3, 0.4) is 0 Å². The summed E-state index contributed by atoms with van der Waals surface area (Å²) in [6, 6.07) is 3.55. The SMILES string of the molecule is COc1ccc(N)c(N2CCC(O)CC2)n1. The van der Waals surface area contributed by atoms with Crippen LogP contribution >= 0.6 is 0 Å². The molecule has 88 valence electrons. The van der Waals surface area contributed by atoms with Crippen molar-refractivity contribution in [2.24, 2.45) is 0 Å². The standard InChI is InChI=1S/C11H17N3O2/c1-16-10-3-2-9(12)11(13-10)14-6-4-8(15)5-7-14/h2-3,8,15H,4-7,12H2,1H3. The molecule has 5 heteroatoms. The molecule has 2 rings (SSSR count). The maximum Gasteiger partial charge on any atom is 0.215 e. The second-order valence-electron chi connectivity index (χ2n) is 3.98. The zero-order valence-electron chi connectivity index (χ0n) is 9.39. The average Bonchev–Trinajstić information content (AvgIpc) is 2.31. The Hall–Kier alpha value is -1.49. The molecule has 1 aromatic rings. The summed E-state index contributed by atoms with van der Waals surface area (Å²) in [4.78, 5) is 6.42. The minimum atomic E-state index is -0.192. The number of aliphatic hydroxyl groups is 1. The molecule has 5 nitrogen and oxygen atoms in total. The molecule has 0 aromatic carbocycles. The first kappa shape index (κ1) is 11.0. The molecule has 0 radical (unpaired) electrons. The summed E-state index contributed by atoms with van der Waals surface area (Å²) in [5, 5.41) is 9.44. The predicted molar refractivity (Wildman–Crippen MR) is 62.7 cm³/mol. The molecule has 1 aliphatic heterocycles. The van der Waals surface area contributed by atoms with Crippen LogP contribution in [0.1, 0.15) is 12.8 Å². The van der Waals surface area contributed by atoms with Crippen LogP contribution in [-0.2, 0) is 0 Å². The van der Waals surface area contributed by atoms with Crippen LogP contribution in [0.2, 0.25) is 0 Å². The number of nitrogen functional groups attached to an aromatic ring is 1. The Labute approximate surface area is 94.8 Å². The van der Waals surface area contributed by atoms with E-state index < -0.39 is 0 Å². The Balaban J connectivity index is 2.19. The van der Waals surface area contributed by atoms with E-state index in [-0.39, 0.29) is 6.10 Å². The molecule has 1 fully saturated rings. The largest absolute Gasteiger partial charge is 0.481 e. The third-order valence-electron chi connectivity index (χ3n) is 2.85. The number of methoxy groups -OCH3 is 1. The predicted octanol–water partition coefficient (Wildman–Crippen LogP) is 0.633. The zero-order valence-corrected chi connectivity index (χ0v) is 9.39. The molecule has 1 saturated heterocycles. The minimum Gasteiger partial charge on any atom is -0.481 e. The molecule has 0 amide bonds. The molecule has 1 aromatic heterocycles. The maximum absolute atomic E-state index is 9.44. The van der Waals surface area contributed by atoms with Crippen LogP contribution in [-0.4, -0.2) is 36.4 Å². The van der Waals surface area contributed by atoms with Gasteiger partial charge >= 0.3 is 0 Å². The molecule has 0 bridgehead atoms. The smallest absolute Gasteiger partial charge is 0.215 e. The Morgan fingerprint density at radius 2 is 2.12 bits per heavy atom. The number of hydrogen-bond acceptors (Lipinski definition) is 5. The summed E-state index contributed by atoms with van der Waals surface area (Å²) in [5.41, 5.74) is 6.54. The molecule has 0 aliphatic carbocycles. The molecule has 16 heavy (non-hydrogen) atoms. The van der Waals surface area contributed by atoms with Gasteiger partial charge < -0.3 is 20.5 Å². The first-order chi connectivity index (χ1) is 7.70. The fraction of sp³-hybridized carbons (Fsp3) is 0.545. The van der Waals surface area contributed by atoms with Crippen LogP contribution in [0.4, 0.5) is 11.5 Å². The second kappa shape index (κ2) is 4.57. The molecular formula is C11H17N3O2. The lowest BCUT2D eigenvalue weighted by molar-refractivity contribution is 0.145. The van der Waals surface area contributed by atoms with Crippen LogP contribution in [0.5, 0.6) is 5.88 Å². The Kier molecular flexibility index (Phi) is 3.14. The van der Waals surface area contributed by atoms with Crippen molar-refractivity contribution in [2.75, 3.05) is 30.8 Å². The molecule has 3 N–H and O–H groups in total. The molecule has 0 saturated carbocycles. The number of pyridine rings is 1. The van der Waals surface area contributed by atoms with Crippen molar-refractivity contribution in [1.82, 2.24) is 4.98 Å². The summed E-state index contributed by atoms with van der Waals surface area (Å²) < 4.78 is 5.08. The van der Waals surface area contributed by atoms with E-state index in [2.05, 4.69) is 9.88 Å². The van der Waals surface area contributed by atoms with E-state index in [1.54, 1.807) is 19.2 Å². The van der Waals surface area contributed by atoms with Crippen molar-refractivity contribution in [1.29, 1.82) is 0 Å².